The molecule has 1 aromatic rings. The van der Waals surface area contributed by atoms with E-state index in [1.54, 1.807) is 0 Å². The van der Waals surface area contributed by atoms with Gasteiger partial charge in [-0.15, -0.1) is 0 Å². The molecule has 0 saturated heterocycles. The van der Waals surface area contributed by atoms with E-state index in [4.69, 9.17) is 23.2 Å². The Morgan fingerprint density at radius 1 is 1.19 bits per heavy atom. The number of fused-ring (bicyclic) bond motifs is 1. The highest BCUT2D eigenvalue weighted by atomic mass is 35.5. The number of benzene rings is 1. The zero-order chi connectivity index (χ0) is 11.7. The van der Waals surface area contributed by atoms with Gasteiger partial charge < -0.3 is 4.90 Å². The lowest BCUT2D eigenvalue weighted by molar-refractivity contribution is 0.571. The number of rotatable bonds is 3. The van der Waals surface area contributed by atoms with Gasteiger partial charge in [-0.05, 0) is 37.0 Å². The number of hydrogen-bond acceptors (Lipinski definition) is 1. The van der Waals surface area contributed by atoms with Crippen LogP contribution in [0.1, 0.15) is 32.3 Å². The van der Waals surface area contributed by atoms with Gasteiger partial charge in [0.2, 0.25) is 0 Å². The Bertz CT molecular complexity index is 386. The maximum absolute atomic E-state index is 6.09. The van der Waals surface area contributed by atoms with Crippen LogP contribution in [0.15, 0.2) is 12.1 Å². The molecule has 1 aromatic carbocycles. The van der Waals surface area contributed by atoms with Crippen molar-refractivity contribution in [1.29, 1.82) is 0 Å². The number of nitrogens with zero attached hydrogens (tertiary/aromatic N) is 1. The first-order valence-electron chi connectivity index (χ1n) is 5.91. The van der Waals surface area contributed by atoms with Gasteiger partial charge in [0.25, 0.3) is 0 Å². The van der Waals surface area contributed by atoms with Crippen molar-refractivity contribution in [2.75, 3.05) is 11.4 Å². The van der Waals surface area contributed by atoms with Gasteiger partial charge in [0.1, 0.15) is 0 Å². The number of halogens is 2. The van der Waals surface area contributed by atoms with Gasteiger partial charge in [-0.25, -0.2) is 0 Å². The van der Waals surface area contributed by atoms with Crippen LogP contribution in [-0.2, 0) is 6.42 Å². The summed E-state index contributed by atoms with van der Waals surface area (Å²) in [5, 5.41) is 1.34. The lowest BCUT2D eigenvalue weighted by Crippen LogP contribution is -2.32. The summed E-state index contributed by atoms with van der Waals surface area (Å²) in [5.41, 5.74) is 2.62. The molecule has 16 heavy (non-hydrogen) atoms. The standard InChI is InChI=1S/C13H17Cl2N/c1-3-10(4-2)16-6-5-9-7-11(14)12(15)8-13(9)16/h7-8,10H,3-6H2,1-2H3. The summed E-state index contributed by atoms with van der Waals surface area (Å²) in [6.07, 6.45) is 3.44. The van der Waals surface area contributed by atoms with E-state index in [0.29, 0.717) is 16.1 Å². The maximum atomic E-state index is 6.09. The summed E-state index contributed by atoms with van der Waals surface area (Å²) in [4.78, 5) is 2.47. The molecule has 0 fully saturated rings. The van der Waals surface area contributed by atoms with Gasteiger partial charge >= 0.3 is 0 Å². The Morgan fingerprint density at radius 2 is 1.81 bits per heavy atom. The average Bonchev–Trinajstić information content (AvgIpc) is 2.65. The van der Waals surface area contributed by atoms with Crippen molar-refractivity contribution in [1.82, 2.24) is 0 Å². The molecule has 0 radical (unpaired) electrons. The average molecular weight is 258 g/mol. The second-order valence-electron chi connectivity index (χ2n) is 4.31. The van der Waals surface area contributed by atoms with Crippen molar-refractivity contribution in [3.05, 3.63) is 27.7 Å². The third-order valence-electron chi connectivity index (χ3n) is 3.44. The molecule has 2 rings (SSSR count). The molecular weight excluding hydrogens is 241 g/mol. The van der Waals surface area contributed by atoms with Crippen LogP contribution in [0.3, 0.4) is 0 Å². The van der Waals surface area contributed by atoms with Crippen molar-refractivity contribution >= 4 is 28.9 Å². The predicted molar refractivity (Wildman–Crippen MR) is 71.9 cm³/mol. The molecule has 0 N–H and O–H groups in total. The van der Waals surface area contributed by atoms with Gasteiger partial charge in [-0.1, -0.05) is 37.0 Å². The Balaban J connectivity index is 2.35. The highest BCUT2D eigenvalue weighted by Crippen LogP contribution is 2.37. The minimum Gasteiger partial charge on any atom is -0.368 e. The van der Waals surface area contributed by atoms with Crippen LogP contribution in [0.5, 0.6) is 0 Å². The molecule has 1 aliphatic rings. The largest absolute Gasteiger partial charge is 0.368 e. The van der Waals surface area contributed by atoms with Crippen molar-refractivity contribution in [2.24, 2.45) is 0 Å². The molecule has 0 saturated carbocycles. The van der Waals surface area contributed by atoms with Crippen LogP contribution in [-0.4, -0.2) is 12.6 Å². The molecular formula is C13H17Cl2N. The summed E-state index contributed by atoms with van der Waals surface area (Å²) < 4.78 is 0. The molecule has 0 amide bonds. The highest BCUT2D eigenvalue weighted by Gasteiger charge is 2.24. The number of anilines is 1. The first-order chi connectivity index (χ1) is 7.67. The Hall–Kier alpha value is -0.400. The van der Waals surface area contributed by atoms with Crippen molar-refractivity contribution < 1.29 is 0 Å². The summed E-state index contributed by atoms with van der Waals surface area (Å²) in [5.74, 6) is 0. The van der Waals surface area contributed by atoms with Gasteiger partial charge in [-0.3, -0.25) is 0 Å². The topological polar surface area (TPSA) is 3.24 Å². The summed E-state index contributed by atoms with van der Waals surface area (Å²) in [6, 6.07) is 4.66. The van der Waals surface area contributed by atoms with Crippen LogP contribution in [0.4, 0.5) is 5.69 Å². The van der Waals surface area contributed by atoms with Crippen LogP contribution in [0.25, 0.3) is 0 Å². The second-order valence-corrected chi connectivity index (χ2v) is 5.12. The Morgan fingerprint density at radius 3 is 2.44 bits per heavy atom. The van der Waals surface area contributed by atoms with Gasteiger partial charge in [0.15, 0.2) is 0 Å². The van der Waals surface area contributed by atoms with E-state index < -0.39 is 0 Å². The van der Waals surface area contributed by atoms with E-state index in [9.17, 15) is 0 Å². The van der Waals surface area contributed by atoms with Crippen molar-refractivity contribution in [2.45, 2.75) is 39.2 Å². The maximum Gasteiger partial charge on any atom is 0.0613 e. The minimum atomic E-state index is 0.624. The molecule has 1 aliphatic heterocycles. The van der Waals surface area contributed by atoms with Crippen LogP contribution in [0.2, 0.25) is 10.0 Å². The van der Waals surface area contributed by atoms with Crippen LogP contribution in [0, 0.1) is 0 Å². The van der Waals surface area contributed by atoms with Gasteiger partial charge in [-0.2, -0.15) is 0 Å². The van der Waals surface area contributed by atoms with E-state index in [1.807, 2.05) is 12.1 Å². The number of hydrogen-bond donors (Lipinski definition) is 0. The Kier molecular flexibility index (Phi) is 3.66. The first-order valence-corrected chi connectivity index (χ1v) is 6.67. The molecule has 1 heterocycles. The SMILES string of the molecule is CCC(CC)N1CCc2cc(Cl)c(Cl)cc21. The first kappa shape index (κ1) is 12.1. The molecule has 0 aliphatic carbocycles. The highest BCUT2D eigenvalue weighted by molar-refractivity contribution is 6.42. The van der Waals surface area contributed by atoms with E-state index in [0.717, 1.165) is 13.0 Å². The summed E-state index contributed by atoms with van der Waals surface area (Å²) in [7, 11) is 0. The fourth-order valence-corrected chi connectivity index (χ4v) is 2.86. The van der Waals surface area contributed by atoms with Crippen LogP contribution < -0.4 is 4.90 Å². The molecule has 0 atom stereocenters. The molecule has 0 spiro atoms. The molecule has 0 unspecified atom stereocenters. The molecule has 1 nitrogen and oxygen atoms in total. The third-order valence-corrected chi connectivity index (χ3v) is 4.16. The molecule has 0 bridgehead atoms. The van der Waals surface area contributed by atoms with Gasteiger partial charge in [0, 0.05) is 18.3 Å². The summed E-state index contributed by atoms with van der Waals surface area (Å²) in [6.45, 7) is 5.58. The minimum absolute atomic E-state index is 0.624. The second kappa shape index (κ2) is 4.85. The molecule has 88 valence electrons. The van der Waals surface area contributed by atoms with E-state index >= 15 is 0 Å². The van der Waals surface area contributed by atoms with E-state index in [1.165, 1.54) is 24.1 Å². The summed E-state index contributed by atoms with van der Waals surface area (Å²) >= 11 is 12.1. The fourth-order valence-electron chi connectivity index (χ4n) is 2.52. The molecule has 3 heteroatoms. The van der Waals surface area contributed by atoms with E-state index in [-0.39, 0.29) is 0 Å². The van der Waals surface area contributed by atoms with Gasteiger partial charge in [0.05, 0.1) is 10.0 Å². The normalized spacial score (nSPS) is 14.7. The Labute approximate surface area is 107 Å². The van der Waals surface area contributed by atoms with Crippen molar-refractivity contribution in [3.8, 4) is 0 Å². The van der Waals surface area contributed by atoms with Crippen molar-refractivity contribution in [3.63, 3.8) is 0 Å². The smallest absolute Gasteiger partial charge is 0.0613 e. The zero-order valence-electron chi connectivity index (χ0n) is 9.76. The zero-order valence-corrected chi connectivity index (χ0v) is 11.3. The van der Waals surface area contributed by atoms with E-state index in [2.05, 4.69) is 18.7 Å². The lowest BCUT2D eigenvalue weighted by atomic mass is 10.1. The molecule has 0 aromatic heterocycles. The quantitative estimate of drug-likeness (QED) is 0.769. The monoisotopic (exact) mass is 257 g/mol. The fraction of sp³-hybridized carbons (Fsp3) is 0.538. The predicted octanol–water partition coefficient (Wildman–Crippen LogP) is 4.54. The van der Waals surface area contributed by atoms with Crippen LogP contribution >= 0.6 is 23.2 Å². The lowest BCUT2D eigenvalue weighted by Gasteiger charge is -2.28. The third kappa shape index (κ3) is 2.03.